The van der Waals surface area contributed by atoms with Gasteiger partial charge in [-0.15, -0.1) is 5.10 Å². The van der Waals surface area contributed by atoms with Crippen molar-refractivity contribution in [3.63, 3.8) is 0 Å². The Morgan fingerprint density at radius 1 is 1.53 bits per heavy atom. The van der Waals surface area contributed by atoms with E-state index in [9.17, 15) is 4.79 Å². The second kappa shape index (κ2) is 5.27. The summed E-state index contributed by atoms with van der Waals surface area (Å²) in [5, 5.41) is 11.1. The maximum Gasteiger partial charge on any atom is 0.228 e. The molecule has 0 bridgehead atoms. The van der Waals surface area contributed by atoms with E-state index in [1.54, 1.807) is 11.0 Å². The van der Waals surface area contributed by atoms with Crippen LogP contribution in [0, 0.1) is 5.92 Å². The lowest BCUT2D eigenvalue weighted by Crippen LogP contribution is -2.28. The molecule has 0 aliphatic carbocycles. The lowest BCUT2D eigenvalue weighted by atomic mass is 10.00. The van der Waals surface area contributed by atoms with Gasteiger partial charge in [-0.05, 0) is 26.7 Å². The van der Waals surface area contributed by atoms with Crippen molar-refractivity contribution in [3.8, 4) is 0 Å². The van der Waals surface area contributed by atoms with E-state index in [1.165, 1.54) is 0 Å². The molecule has 6 heteroatoms. The van der Waals surface area contributed by atoms with Crippen LogP contribution >= 0.6 is 0 Å². The number of aromatic nitrogens is 3. The van der Waals surface area contributed by atoms with Gasteiger partial charge in [0, 0.05) is 19.1 Å². The van der Waals surface area contributed by atoms with Crippen molar-refractivity contribution in [2.24, 2.45) is 5.92 Å². The Hall–Kier alpha value is -1.43. The molecule has 1 saturated heterocycles. The summed E-state index contributed by atoms with van der Waals surface area (Å²) < 4.78 is 5.22. The molecular formula is C11H18N4O2. The van der Waals surface area contributed by atoms with Crippen LogP contribution in [-0.4, -0.2) is 34.1 Å². The number of carbonyl (C=O) groups is 1. The Morgan fingerprint density at radius 2 is 2.24 bits per heavy atom. The monoisotopic (exact) mass is 238 g/mol. The molecule has 2 rings (SSSR count). The van der Waals surface area contributed by atoms with Gasteiger partial charge in [0.1, 0.15) is 0 Å². The molecule has 0 saturated carbocycles. The summed E-state index contributed by atoms with van der Waals surface area (Å²) in [6, 6.07) is 0.198. The van der Waals surface area contributed by atoms with Crippen LogP contribution in [0.4, 0.5) is 5.82 Å². The fourth-order valence-corrected chi connectivity index (χ4v) is 1.77. The molecule has 1 fully saturated rings. The average molecular weight is 238 g/mol. The van der Waals surface area contributed by atoms with Gasteiger partial charge in [-0.2, -0.15) is 9.90 Å². The molecule has 17 heavy (non-hydrogen) atoms. The zero-order valence-corrected chi connectivity index (χ0v) is 10.2. The zero-order valence-electron chi connectivity index (χ0n) is 10.2. The number of carbonyl (C=O) groups excluding carboxylic acids is 1. The number of hydrogen-bond donors (Lipinski definition) is 1. The maximum atomic E-state index is 11.9. The first-order valence-corrected chi connectivity index (χ1v) is 5.97. The predicted octanol–water partition coefficient (Wildman–Crippen LogP) is 1.22. The second-order valence-corrected chi connectivity index (χ2v) is 4.52. The lowest BCUT2D eigenvalue weighted by molar-refractivity contribution is -0.122. The number of rotatable bonds is 3. The molecule has 1 N–H and O–H groups in total. The summed E-state index contributed by atoms with van der Waals surface area (Å²) in [4.78, 5) is 13.5. The zero-order chi connectivity index (χ0) is 12.3. The molecule has 1 aromatic rings. The summed E-state index contributed by atoms with van der Waals surface area (Å²) >= 11 is 0. The number of ether oxygens (including phenoxy) is 1. The molecule has 0 aromatic carbocycles. The van der Waals surface area contributed by atoms with Gasteiger partial charge >= 0.3 is 0 Å². The third-order valence-electron chi connectivity index (χ3n) is 2.81. The number of nitrogens with zero attached hydrogens (tertiary/aromatic N) is 3. The van der Waals surface area contributed by atoms with E-state index in [0.29, 0.717) is 19.0 Å². The van der Waals surface area contributed by atoms with Gasteiger partial charge in [-0.1, -0.05) is 0 Å². The topological polar surface area (TPSA) is 69.0 Å². The van der Waals surface area contributed by atoms with E-state index in [0.717, 1.165) is 12.8 Å². The van der Waals surface area contributed by atoms with Gasteiger partial charge in [0.05, 0.1) is 12.2 Å². The maximum absolute atomic E-state index is 11.9. The van der Waals surface area contributed by atoms with Crippen LogP contribution in [0.15, 0.2) is 6.20 Å². The number of nitrogens with one attached hydrogen (secondary N) is 1. The van der Waals surface area contributed by atoms with E-state index < -0.39 is 0 Å². The normalized spacial score (nSPS) is 17.4. The Bertz CT molecular complexity index is 383. The third-order valence-corrected chi connectivity index (χ3v) is 2.81. The van der Waals surface area contributed by atoms with E-state index in [1.807, 2.05) is 13.8 Å². The van der Waals surface area contributed by atoms with Gasteiger partial charge in [-0.25, -0.2) is 0 Å². The van der Waals surface area contributed by atoms with Gasteiger partial charge in [-0.3, -0.25) is 4.79 Å². The summed E-state index contributed by atoms with van der Waals surface area (Å²) in [6.07, 6.45) is 3.14. The molecule has 0 radical (unpaired) electrons. The van der Waals surface area contributed by atoms with Crippen LogP contribution in [0.1, 0.15) is 32.7 Å². The third kappa shape index (κ3) is 3.03. The van der Waals surface area contributed by atoms with Crippen LogP contribution < -0.4 is 5.32 Å². The van der Waals surface area contributed by atoms with E-state index in [4.69, 9.17) is 4.74 Å². The van der Waals surface area contributed by atoms with Crippen molar-refractivity contribution in [2.75, 3.05) is 18.5 Å². The smallest absolute Gasteiger partial charge is 0.228 e. The molecular weight excluding hydrogens is 220 g/mol. The molecule has 1 amide bonds. The molecule has 2 heterocycles. The number of amides is 1. The van der Waals surface area contributed by atoms with Crippen LogP contribution in [-0.2, 0) is 9.53 Å². The predicted molar refractivity (Wildman–Crippen MR) is 62.6 cm³/mol. The van der Waals surface area contributed by atoms with Crippen molar-refractivity contribution in [1.29, 1.82) is 0 Å². The molecule has 94 valence electrons. The minimum atomic E-state index is 0.0177. The Kier molecular flexibility index (Phi) is 3.73. The Balaban J connectivity index is 1.92. The highest BCUT2D eigenvalue weighted by atomic mass is 16.5. The molecule has 1 aromatic heterocycles. The van der Waals surface area contributed by atoms with Gasteiger partial charge < -0.3 is 10.1 Å². The average Bonchev–Trinajstić information content (AvgIpc) is 2.79. The first-order chi connectivity index (χ1) is 8.16. The molecule has 6 nitrogen and oxygen atoms in total. The van der Waals surface area contributed by atoms with E-state index >= 15 is 0 Å². The molecule has 0 spiro atoms. The highest BCUT2D eigenvalue weighted by Crippen LogP contribution is 2.16. The highest BCUT2D eigenvalue weighted by molar-refractivity contribution is 5.91. The largest absolute Gasteiger partial charge is 0.381 e. The molecule has 0 atom stereocenters. The van der Waals surface area contributed by atoms with E-state index in [2.05, 4.69) is 15.5 Å². The van der Waals surface area contributed by atoms with Crippen molar-refractivity contribution >= 4 is 11.7 Å². The van der Waals surface area contributed by atoms with Crippen LogP contribution in [0.2, 0.25) is 0 Å². The fourth-order valence-electron chi connectivity index (χ4n) is 1.77. The Labute approximate surface area is 100 Å². The number of anilines is 1. The van der Waals surface area contributed by atoms with Gasteiger partial charge in [0.25, 0.3) is 0 Å². The fraction of sp³-hybridized carbons (Fsp3) is 0.727. The molecule has 0 unspecified atom stereocenters. The minimum Gasteiger partial charge on any atom is -0.381 e. The first-order valence-electron chi connectivity index (χ1n) is 5.97. The summed E-state index contributed by atoms with van der Waals surface area (Å²) in [7, 11) is 0. The SMILES string of the molecule is CC(C)n1ncc(NC(=O)C2CCOCC2)n1. The summed E-state index contributed by atoms with van der Waals surface area (Å²) in [5.74, 6) is 0.576. The van der Waals surface area contributed by atoms with Crippen molar-refractivity contribution in [2.45, 2.75) is 32.7 Å². The number of hydrogen-bond acceptors (Lipinski definition) is 4. The highest BCUT2D eigenvalue weighted by Gasteiger charge is 2.22. The van der Waals surface area contributed by atoms with Crippen molar-refractivity contribution in [1.82, 2.24) is 15.0 Å². The van der Waals surface area contributed by atoms with Crippen LogP contribution in [0.5, 0.6) is 0 Å². The van der Waals surface area contributed by atoms with Crippen molar-refractivity contribution in [3.05, 3.63) is 6.20 Å². The lowest BCUT2D eigenvalue weighted by Gasteiger charge is -2.20. The molecule has 1 aliphatic rings. The first kappa shape index (κ1) is 12.0. The quantitative estimate of drug-likeness (QED) is 0.859. The van der Waals surface area contributed by atoms with Gasteiger partial charge in [0.2, 0.25) is 5.91 Å². The summed E-state index contributed by atoms with van der Waals surface area (Å²) in [6.45, 7) is 5.31. The second-order valence-electron chi connectivity index (χ2n) is 4.52. The van der Waals surface area contributed by atoms with Crippen LogP contribution in [0.25, 0.3) is 0 Å². The van der Waals surface area contributed by atoms with Crippen LogP contribution in [0.3, 0.4) is 0 Å². The standard InChI is InChI=1S/C11H18N4O2/c1-8(2)15-12-7-10(14-15)13-11(16)9-3-5-17-6-4-9/h7-9H,3-6H2,1-2H3,(H,13,14,16). The van der Waals surface area contributed by atoms with Gasteiger partial charge in [0.15, 0.2) is 5.82 Å². The Morgan fingerprint density at radius 3 is 2.82 bits per heavy atom. The summed E-state index contributed by atoms with van der Waals surface area (Å²) in [5.41, 5.74) is 0. The van der Waals surface area contributed by atoms with E-state index in [-0.39, 0.29) is 17.9 Å². The van der Waals surface area contributed by atoms with Crippen molar-refractivity contribution < 1.29 is 9.53 Å². The molecule has 1 aliphatic heterocycles. The minimum absolute atomic E-state index is 0.0177.